The molecule has 0 spiro atoms. The molecule has 2 heteroatoms. The summed E-state index contributed by atoms with van der Waals surface area (Å²) in [6.07, 6.45) is 11.9. The van der Waals surface area contributed by atoms with Crippen molar-refractivity contribution in [1.82, 2.24) is 0 Å². The summed E-state index contributed by atoms with van der Waals surface area (Å²) in [4.78, 5) is 0. The van der Waals surface area contributed by atoms with Crippen molar-refractivity contribution in [2.24, 2.45) is 0 Å². The van der Waals surface area contributed by atoms with Crippen molar-refractivity contribution in [3.63, 3.8) is 0 Å². The van der Waals surface area contributed by atoms with E-state index in [2.05, 4.69) is 24.8 Å². The molecule has 0 amide bonds. The van der Waals surface area contributed by atoms with Gasteiger partial charge in [-0.25, -0.2) is 0 Å². The minimum absolute atomic E-state index is 0.0980. The van der Waals surface area contributed by atoms with Crippen LogP contribution < -0.4 is 0 Å². The van der Waals surface area contributed by atoms with Gasteiger partial charge in [-0.2, -0.15) is 0 Å². The molecular formula is C16H16Cl2. The largest absolute Gasteiger partial charge is 0.118 e. The van der Waals surface area contributed by atoms with Crippen LogP contribution >= 0.6 is 23.2 Å². The Kier molecular flexibility index (Phi) is 4.68. The predicted molar refractivity (Wildman–Crippen MR) is 80.5 cm³/mol. The first kappa shape index (κ1) is 13.5. The molecule has 18 heavy (non-hydrogen) atoms. The van der Waals surface area contributed by atoms with Crippen molar-refractivity contribution in [3.05, 3.63) is 71.3 Å². The van der Waals surface area contributed by atoms with Gasteiger partial charge in [0.15, 0.2) is 0 Å². The van der Waals surface area contributed by atoms with E-state index in [1.165, 1.54) is 11.1 Å². The molecule has 1 aromatic carbocycles. The molecule has 0 radical (unpaired) electrons. The van der Waals surface area contributed by atoms with Crippen LogP contribution in [0.15, 0.2) is 55.2 Å². The maximum Gasteiger partial charge on any atom is 0.0594 e. The van der Waals surface area contributed by atoms with E-state index >= 15 is 0 Å². The molecule has 1 aliphatic carbocycles. The lowest BCUT2D eigenvalue weighted by molar-refractivity contribution is 0.679. The number of halogens is 2. The summed E-state index contributed by atoms with van der Waals surface area (Å²) in [6.45, 7) is 3.63. The molecule has 2 unspecified atom stereocenters. The first-order chi connectivity index (χ1) is 8.72. The summed E-state index contributed by atoms with van der Waals surface area (Å²) < 4.78 is 0. The molecule has 0 nitrogen and oxygen atoms in total. The Hall–Kier alpha value is -0.980. The second-order valence-corrected chi connectivity index (χ2v) is 5.42. The molecule has 0 aromatic heterocycles. The van der Waals surface area contributed by atoms with Crippen LogP contribution in [0.25, 0.3) is 0 Å². The smallest absolute Gasteiger partial charge is 0.0594 e. The Morgan fingerprint density at radius 2 is 2.06 bits per heavy atom. The fourth-order valence-corrected chi connectivity index (χ4v) is 2.96. The SMILES string of the molecule is C=C/C=C\C=C/CC1CC(Cl)c2cc(Cl)ccc21. The molecule has 94 valence electrons. The second-order valence-electron chi connectivity index (χ2n) is 4.46. The van der Waals surface area contributed by atoms with Gasteiger partial charge in [-0.3, -0.25) is 0 Å². The zero-order valence-corrected chi connectivity index (χ0v) is 11.7. The third-order valence-electron chi connectivity index (χ3n) is 3.23. The lowest BCUT2D eigenvalue weighted by Gasteiger charge is -2.07. The molecule has 0 saturated heterocycles. The number of alkyl halides is 1. The number of allylic oxidation sites excluding steroid dienone is 5. The van der Waals surface area contributed by atoms with Gasteiger partial charge in [-0.1, -0.05) is 54.6 Å². The third kappa shape index (κ3) is 3.07. The maximum atomic E-state index is 6.36. The van der Waals surface area contributed by atoms with E-state index in [-0.39, 0.29) is 5.38 Å². The van der Waals surface area contributed by atoms with E-state index in [0.717, 1.165) is 17.9 Å². The van der Waals surface area contributed by atoms with Crippen LogP contribution in [-0.2, 0) is 0 Å². The molecular weight excluding hydrogens is 263 g/mol. The van der Waals surface area contributed by atoms with Crippen molar-refractivity contribution >= 4 is 23.2 Å². The van der Waals surface area contributed by atoms with Crippen LogP contribution in [0.2, 0.25) is 5.02 Å². The van der Waals surface area contributed by atoms with Gasteiger partial charge in [-0.05, 0) is 42.0 Å². The Bertz CT molecular complexity index is 486. The van der Waals surface area contributed by atoms with Crippen molar-refractivity contribution < 1.29 is 0 Å². The third-order valence-corrected chi connectivity index (χ3v) is 3.88. The summed E-state index contributed by atoms with van der Waals surface area (Å²) in [5.74, 6) is 0.508. The van der Waals surface area contributed by atoms with Crippen molar-refractivity contribution in [1.29, 1.82) is 0 Å². The molecule has 2 rings (SSSR count). The predicted octanol–water partition coefficient (Wildman–Crippen LogP) is 5.80. The van der Waals surface area contributed by atoms with Gasteiger partial charge >= 0.3 is 0 Å². The number of rotatable bonds is 4. The average molecular weight is 279 g/mol. The summed E-state index contributed by atoms with van der Waals surface area (Å²) in [5.41, 5.74) is 2.54. The van der Waals surface area contributed by atoms with Gasteiger partial charge in [0.25, 0.3) is 0 Å². The summed E-state index contributed by atoms with van der Waals surface area (Å²) in [7, 11) is 0. The van der Waals surface area contributed by atoms with Crippen LogP contribution in [0.4, 0.5) is 0 Å². The standard InChI is InChI=1S/C16H16Cl2/c1-2-3-4-5-6-7-12-10-16(18)15-11-13(17)8-9-14(12)15/h2-6,8-9,11-12,16H,1,7,10H2/b4-3-,6-5-. The number of fused-ring (bicyclic) bond motifs is 1. The lowest BCUT2D eigenvalue weighted by Crippen LogP contribution is -1.90. The van der Waals surface area contributed by atoms with Gasteiger partial charge in [0, 0.05) is 5.02 Å². The fourth-order valence-electron chi connectivity index (χ4n) is 2.38. The fraction of sp³-hybridized carbons (Fsp3) is 0.250. The van der Waals surface area contributed by atoms with E-state index in [4.69, 9.17) is 23.2 Å². The zero-order chi connectivity index (χ0) is 13.0. The summed E-state index contributed by atoms with van der Waals surface area (Å²) in [5, 5.41) is 0.866. The molecule has 0 bridgehead atoms. The highest BCUT2D eigenvalue weighted by atomic mass is 35.5. The Morgan fingerprint density at radius 1 is 1.22 bits per heavy atom. The zero-order valence-electron chi connectivity index (χ0n) is 10.2. The quantitative estimate of drug-likeness (QED) is 0.483. The first-order valence-corrected chi connectivity index (χ1v) is 6.91. The average Bonchev–Trinajstić information content (AvgIpc) is 2.66. The molecule has 0 heterocycles. The highest BCUT2D eigenvalue weighted by Crippen LogP contribution is 2.46. The molecule has 0 fully saturated rings. The highest BCUT2D eigenvalue weighted by Gasteiger charge is 2.28. The van der Waals surface area contributed by atoms with Gasteiger partial charge in [0.1, 0.15) is 0 Å². The summed E-state index contributed by atoms with van der Waals surface area (Å²) >= 11 is 12.4. The highest BCUT2D eigenvalue weighted by molar-refractivity contribution is 6.31. The molecule has 0 aliphatic heterocycles. The summed E-state index contributed by atoms with van der Waals surface area (Å²) in [6, 6.07) is 6.05. The molecule has 0 N–H and O–H groups in total. The Balaban J connectivity index is 2.07. The minimum Gasteiger partial charge on any atom is -0.118 e. The van der Waals surface area contributed by atoms with Crippen LogP contribution in [0.3, 0.4) is 0 Å². The van der Waals surface area contributed by atoms with Gasteiger partial charge in [-0.15, -0.1) is 11.6 Å². The van der Waals surface area contributed by atoms with Crippen LogP contribution in [0, 0.1) is 0 Å². The topological polar surface area (TPSA) is 0 Å². The first-order valence-electron chi connectivity index (χ1n) is 6.10. The van der Waals surface area contributed by atoms with Gasteiger partial charge in [0.05, 0.1) is 5.38 Å². The monoisotopic (exact) mass is 278 g/mol. The Labute approximate surface area is 119 Å². The van der Waals surface area contributed by atoms with Crippen LogP contribution in [-0.4, -0.2) is 0 Å². The Morgan fingerprint density at radius 3 is 2.83 bits per heavy atom. The van der Waals surface area contributed by atoms with Crippen molar-refractivity contribution in [3.8, 4) is 0 Å². The molecule has 1 aliphatic rings. The van der Waals surface area contributed by atoms with E-state index in [0.29, 0.717) is 5.92 Å². The lowest BCUT2D eigenvalue weighted by atomic mass is 9.98. The number of hydrogen-bond donors (Lipinski definition) is 0. The van der Waals surface area contributed by atoms with E-state index in [1.807, 2.05) is 24.3 Å². The normalized spacial score (nSPS) is 22.8. The van der Waals surface area contributed by atoms with E-state index in [1.54, 1.807) is 6.08 Å². The molecule has 1 aromatic rings. The van der Waals surface area contributed by atoms with Crippen LogP contribution in [0.5, 0.6) is 0 Å². The molecule has 0 saturated carbocycles. The van der Waals surface area contributed by atoms with E-state index in [9.17, 15) is 0 Å². The number of hydrogen-bond acceptors (Lipinski definition) is 0. The van der Waals surface area contributed by atoms with Gasteiger partial charge < -0.3 is 0 Å². The second kappa shape index (κ2) is 6.26. The van der Waals surface area contributed by atoms with Gasteiger partial charge in [0.2, 0.25) is 0 Å². The maximum absolute atomic E-state index is 6.36. The van der Waals surface area contributed by atoms with Crippen LogP contribution in [0.1, 0.15) is 35.3 Å². The van der Waals surface area contributed by atoms with Crippen molar-refractivity contribution in [2.45, 2.75) is 24.1 Å². The minimum atomic E-state index is 0.0980. The molecule has 2 atom stereocenters. The van der Waals surface area contributed by atoms with Crippen molar-refractivity contribution in [2.75, 3.05) is 0 Å². The van der Waals surface area contributed by atoms with E-state index < -0.39 is 0 Å². The number of benzene rings is 1.